The van der Waals surface area contributed by atoms with E-state index in [1.54, 1.807) is 11.1 Å². The highest BCUT2D eigenvalue weighted by molar-refractivity contribution is 5.82. The number of aliphatic hydroxyl groups excluding tert-OH is 1. The molecule has 25 heavy (non-hydrogen) atoms. The maximum absolute atomic E-state index is 13.0. The summed E-state index contributed by atoms with van der Waals surface area (Å²) in [7, 11) is 0. The highest BCUT2D eigenvalue weighted by Gasteiger charge is 2.26. The average Bonchev–Trinajstić information content (AvgIpc) is 2.87. The second-order valence-corrected chi connectivity index (χ2v) is 6.28. The van der Waals surface area contributed by atoms with Gasteiger partial charge in [-0.25, -0.2) is 4.39 Å². The van der Waals surface area contributed by atoms with Gasteiger partial charge in [-0.15, -0.1) is 0 Å². The monoisotopic (exact) mass is 343 g/mol. The molecule has 0 bridgehead atoms. The van der Waals surface area contributed by atoms with Crippen LogP contribution in [-0.4, -0.2) is 47.1 Å². The number of carbonyl (C=O) groups is 1. The van der Waals surface area contributed by atoms with E-state index in [0.29, 0.717) is 25.2 Å². The van der Waals surface area contributed by atoms with Crippen LogP contribution in [0.1, 0.15) is 23.7 Å². The zero-order chi connectivity index (χ0) is 17.8. The molecule has 1 aromatic heterocycles. The van der Waals surface area contributed by atoms with Crippen molar-refractivity contribution < 1.29 is 14.3 Å². The third-order valence-corrected chi connectivity index (χ3v) is 4.56. The number of aryl methyl sites for hydroxylation is 1. The van der Waals surface area contributed by atoms with Crippen molar-refractivity contribution >= 4 is 11.6 Å². The van der Waals surface area contributed by atoms with E-state index in [1.165, 1.54) is 24.3 Å². The van der Waals surface area contributed by atoms with E-state index in [2.05, 4.69) is 9.88 Å². The number of carbonyl (C=O) groups excluding carboxylic acids is 1. The number of hydrogen-bond donors (Lipinski definition) is 1. The van der Waals surface area contributed by atoms with Gasteiger partial charge in [0.2, 0.25) is 0 Å². The fourth-order valence-electron chi connectivity index (χ4n) is 3.16. The molecule has 1 aliphatic heterocycles. The first-order chi connectivity index (χ1) is 12.1. The summed E-state index contributed by atoms with van der Waals surface area (Å²) in [6, 6.07) is 7.38. The Bertz CT molecular complexity index is 736. The molecule has 0 spiro atoms. The summed E-state index contributed by atoms with van der Waals surface area (Å²) in [6.45, 7) is 4.71. The Morgan fingerprint density at radius 1 is 1.16 bits per heavy atom. The molecule has 1 amide bonds. The molecule has 0 radical (unpaired) electrons. The topological polar surface area (TPSA) is 56.7 Å². The van der Waals surface area contributed by atoms with Gasteiger partial charge in [0.15, 0.2) is 6.10 Å². The Morgan fingerprint density at radius 2 is 1.92 bits per heavy atom. The smallest absolute Gasteiger partial charge is 0.256 e. The first-order valence-electron chi connectivity index (χ1n) is 8.44. The molecule has 5 nitrogen and oxygen atoms in total. The van der Waals surface area contributed by atoms with Crippen LogP contribution in [-0.2, 0) is 4.79 Å². The quantitative estimate of drug-likeness (QED) is 0.929. The first kappa shape index (κ1) is 17.4. The van der Waals surface area contributed by atoms with Gasteiger partial charge in [-0.2, -0.15) is 0 Å². The molecule has 2 heterocycles. The van der Waals surface area contributed by atoms with Gasteiger partial charge in [0.25, 0.3) is 5.91 Å². The molecule has 0 saturated carbocycles. The van der Waals surface area contributed by atoms with Crippen molar-refractivity contribution in [2.45, 2.75) is 19.4 Å². The van der Waals surface area contributed by atoms with E-state index in [-0.39, 0.29) is 11.7 Å². The van der Waals surface area contributed by atoms with Crippen LogP contribution < -0.4 is 4.90 Å². The van der Waals surface area contributed by atoms with E-state index < -0.39 is 6.10 Å². The molecular formula is C19H22FN3O2. The Balaban J connectivity index is 1.67. The van der Waals surface area contributed by atoms with Crippen molar-refractivity contribution in [1.82, 2.24) is 9.88 Å². The zero-order valence-corrected chi connectivity index (χ0v) is 14.2. The van der Waals surface area contributed by atoms with Crippen molar-refractivity contribution in [3.8, 4) is 0 Å². The minimum absolute atomic E-state index is 0.333. The summed E-state index contributed by atoms with van der Waals surface area (Å²) in [5, 5.41) is 10.3. The highest BCUT2D eigenvalue weighted by Crippen LogP contribution is 2.22. The number of benzene rings is 1. The Kier molecular flexibility index (Phi) is 5.28. The number of amides is 1. The molecule has 132 valence electrons. The Morgan fingerprint density at radius 3 is 2.64 bits per heavy atom. The molecule has 2 aromatic rings. The highest BCUT2D eigenvalue weighted by atomic mass is 19.1. The van der Waals surface area contributed by atoms with Gasteiger partial charge in [0.1, 0.15) is 5.82 Å². The van der Waals surface area contributed by atoms with Crippen molar-refractivity contribution in [2.75, 3.05) is 31.1 Å². The lowest BCUT2D eigenvalue weighted by Gasteiger charge is -2.26. The number of aliphatic hydroxyl groups is 1. The van der Waals surface area contributed by atoms with Crippen LogP contribution in [0, 0.1) is 12.7 Å². The average molecular weight is 343 g/mol. The van der Waals surface area contributed by atoms with Crippen molar-refractivity contribution in [1.29, 1.82) is 0 Å². The van der Waals surface area contributed by atoms with Crippen LogP contribution in [0.5, 0.6) is 0 Å². The molecule has 1 unspecified atom stereocenters. The van der Waals surface area contributed by atoms with Crippen molar-refractivity contribution in [3.63, 3.8) is 0 Å². The number of halogens is 1. The summed E-state index contributed by atoms with van der Waals surface area (Å²) in [4.78, 5) is 20.6. The van der Waals surface area contributed by atoms with E-state index in [0.717, 1.165) is 24.2 Å². The third-order valence-electron chi connectivity index (χ3n) is 4.56. The number of aromatic nitrogens is 1. The van der Waals surface area contributed by atoms with Gasteiger partial charge in [-0.05, 0) is 42.7 Å². The number of nitrogens with zero attached hydrogens (tertiary/aromatic N) is 3. The SMILES string of the molecule is Cc1cnccc1N1CCCN(C(=O)C(O)c2ccc(F)cc2)CC1. The fourth-order valence-corrected chi connectivity index (χ4v) is 3.16. The summed E-state index contributed by atoms with van der Waals surface area (Å²) in [5.41, 5.74) is 2.65. The number of pyridine rings is 1. The van der Waals surface area contributed by atoms with Gasteiger partial charge in [0.05, 0.1) is 0 Å². The fraction of sp³-hybridized carbons (Fsp3) is 0.368. The lowest BCUT2D eigenvalue weighted by atomic mass is 10.1. The molecule has 1 aromatic carbocycles. The van der Waals surface area contributed by atoms with E-state index in [4.69, 9.17) is 0 Å². The minimum atomic E-state index is -1.25. The van der Waals surface area contributed by atoms with Crippen LogP contribution >= 0.6 is 0 Å². The first-order valence-corrected chi connectivity index (χ1v) is 8.44. The number of rotatable bonds is 3. The van der Waals surface area contributed by atoms with Gasteiger partial charge in [-0.3, -0.25) is 9.78 Å². The normalized spacial score (nSPS) is 16.4. The van der Waals surface area contributed by atoms with Crippen molar-refractivity contribution in [2.24, 2.45) is 0 Å². The minimum Gasteiger partial charge on any atom is -0.378 e. The van der Waals surface area contributed by atoms with Crippen LogP contribution in [0.25, 0.3) is 0 Å². The Hall–Kier alpha value is -2.47. The Labute approximate surface area is 146 Å². The summed E-state index contributed by atoms with van der Waals surface area (Å²) >= 11 is 0. The maximum Gasteiger partial charge on any atom is 0.256 e. The van der Waals surface area contributed by atoms with Crippen LogP contribution in [0.2, 0.25) is 0 Å². The molecule has 1 aliphatic rings. The molecule has 1 saturated heterocycles. The van der Waals surface area contributed by atoms with E-state index in [9.17, 15) is 14.3 Å². The second kappa shape index (κ2) is 7.61. The molecule has 6 heteroatoms. The number of hydrogen-bond acceptors (Lipinski definition) is 4. The van der Waals surface area contributed by atoms with Gasteiger partial charge in [-0.1, -0.05) is 12.1 Å². The van der Waals surface area contributed by atoms with Crippen molar-refractivity contribution in [3.05, 3.63) is 59.7 Å². The molecular weight excluding hydrogens is 321 g/mol. The molecule has 1 N–H and O–H groups in total. The lowest BCUT2D eigenvalue weighted by Crippen LogP contribution is -2.38. The lowest BCUT2D eigenvalue weighted by molar-refractivity contribution is -0.140. The standard InChI is InChI=1S/C19H22FN3O2/c1-14-13-21-8-7-17(14)22-9-2-10-23(12-11-22)19(25)18(24)15-3-5-16(20)6-4-15/h3-8,13,18,24H,2,9-12H2,1H3. The molecule has 1 atom stereocenters. The second-order valence-electron chi connectivity index (χ2n) is 6.28. The predicted octanol–water partition coefficient (Wildman–Crippen LogP) is 2.30. The zero-order valence-electron chi connectivity index (χ0n) is 14.2. The van der Waals surface area contributed by atoms with Crippen LogP contribution in [0.3, 0.4) is 0 Å². The largest absolute Gasteiger partial charge is 0.378 e. The number of anilines is 1. The molecule has 1 fully saturated rings. The molecule has 0 aliphatic carbocycles. The summed E-state index contributed by atoms with van der Waals surface area (Å²) in [6.07, 6.45) is 3.18. The van der Waals surface area contributed by atoms with Gasteiger partial charge < -0.3 is 14.9 Å². The van der Waals surface area contributed by atoms with E-state index >= 15 is 0 Å². The van der Waals surface area contributed by atoms with Crippen LogP contribution in [0.4, 0.5) is 10.1 Å². The predicted molar refractivity (Wildman–Crippen MR) is 93.7 cm³/mol. The van der Waals surface area contributed by atoms with Gasteiger partial charge >= 0.3 is 0 Å². The maximum atomic E-state index is 13.0. The summed E-state index contributed by atoms with van der Waals surface area (Å²) in [5.74, 6) is -0.721. The molecule has 3 rings (SSSR count). The van der Waals surface area contributed by atoms with Crippen LogP contribution in [0.15, 0.2) is 42.7 Å². The third kappa shape index (κ3) is 3.96. The summed E-state index contributed by atoms with van der Waals surface area (Å²) < 4.78 is 13.0. The van der Waals surface area contributed by atoms with Gasteiger partial charge in [0, 0.05) is 44.3 Å². The van der Waals surface area contributed by atoms with E-state index in [1.807, 2.05) is 19.2 Å².